The summed E-state index contributed by atoms with van der Waals surface area (Å²) < 4.78 is 0. The molecule has 0 saturated heterocycles. The van der Waals surface area contributed by atoms with Crippen molar-refractivity contribution in [3.05, 3.63) is 22.4 Å². The Bertz CT molecular complexity index is 317. The lowest BCUT2D eigenvalue weighted by molar-refractivity contribution is 0.151. The molecule has 1 saturated carbocycles. The van der Waals surface area contributed by atoms with Crippen LogP contribution in [0.4, 0.5) is 0 Å². The van der Waals surface area contributed by atoms with Crippen molar-refractivity contribution in [1.29, 1.82) is 0 Å². The van der Waals surface area contributed by atoms with Gasteiger partial charge in [-0.15, -0.1) is 11.3 Å². The molecular formula is C15H26N2S. The fourth-order valence-corrected chi connectivity index (χ4v) is 3.77. The molecule has 0 aromatic carbocycles. The van der Waals surface area contributed by atoms with Crippen molar-refractivity contribution in [3.8, 4) is 0 Å². The first-order valence-electron chi connectivity index (χ1n) is 7.30. The molecule has 1 unspecified atom stereocenters. The van der Waals surface area contributed by atoms with Gasteiger partial charge in [0.05, 0.1) is 0 Å². The minimum Gasteiger partial charge on any atom is -0.310 e. The summed E-state index contributed by atoms with van der Waals surface area (Å²) in [6.07, 6.45) is 5.67. The molecule has 1 aliphatic rings. The van der Waals surface area contributed by atoms with Crippen LogP contribution in [-0.2, 0) is 6.54 Å². The Hall–Kier alpha value is -0.380. The zero-order chi connectivity index (χ0) is 12.8. The second kappa shape index (κ2) is 7.27. The standard InChI is InChI=1S/C15H26N2S/c1-3-17(14-7-4-5-8-14)13(2)11-16-12-15-9-6-10-18-15/h6,9-10,13-14,16H,3-5,7-8,11-12H2,1-2H3. The van der Waals surface area contributed by atoms with E-state index in [1.54, 1.807) is 0 Å². The van der Waals surface area contributed by atoms with Gasteiger partial charge in [-0.25, -0.2) is 0 Å². The molecule has 1 atom stereocenters. The van der Waals surface area contributed by atoms with Crippen LogP contribution in [0.5, 0.6) is 0 Å². The van der Waals surface area contributed by atoms with Crippen molar-refractivity contribution in [2.24, 2.45) is 0 Å². The zero-order valence-corrected chi connectivity index (χ0v) is 12.5. The fourth-order valence-electron chi connectivity index (χ4n) is 3.10. The third-order valence-corrected chi connectivity index (χ3v) is 4.92. The topological polar surface area (TPSA) is 15.3 Å². The summed E-state index contributed by atoms with van der Waals surface area (Å²) in [6, 6.07) is 5.82. The smallest absolute Gasteiger partial charge is 0.0300 e. The minimum absolute atomic E-state index is 0.651. The van der Waals surface area contributed by atoms with Crippen LogP contribution in [-0.4, -0.2) is 30.1 Å². The molecule has 2 rings (SSSR count). The highest BCUT2D eigenvalue weighted by Crippen LogP contribution is 2.24. The summed E-state index contributed by atoms with van der Waals surface area (Å²) in [6.45, 7) is 7.97. The van der Waals surface area contributed by atoms with Gasteiger partial charge < -0.3 is 5.32 Å². The molecule has 1 aromatic rings. The predicted molar refractivity (Wildman–Crippen MR) is 80.1 cm³/mol. The van der Waals surface area contributed by atoms with Crippen molar-refractivity contribution in [3.63, 3.8) is 0 Å². The lowest BCUT2D eigenvalue weighted by atomic mass is 10.1. The maximum absolute atomic E-state index is 3.59. The van der Waals surface area contributed by atoms with E-state index in [2.05, 4.69) is 41.6 Å². The SMILES string of the molecule is CCN(C(C)CNCc1cccs1)C1CCCC1. The van der Waals surface area contributed by atoms with E-state index in [9.17, 15) is 0 Å². The van der Waals surface area contributed by atoms with Gasteiger partial charge in [-0.2, -0.15) is 0 Å². The molecule has 1 aliphatic carbocycles. The van der Waals surface area contributed by atoms with Crippen LogP contribution in [0.3, 0.4) is 0 Å². The number of hydrogen-bond donors (Lipinski definition) is 1. The molecule has 0 aliphatic heterocycles. The van der Waals surface area contributed by atoms with Gasteiger partial charge in [0.1, 0.15) is 0 Å². The van der Waals surface area contributed by atoms with Gasteiger partial charge in [0.15, 0.2) is 0 Å². The molecule has 3 heteroatoms. The molecule has 1 fully saturated rings. The Morgan fingerprint density at radius 3 is 2.83 bits per heavy atom. The monoisotopic (exact) mass is 266 g/mol. The maximum Gasteiger partial charge on any atom is 0.0300 e. The Labute approximate surface area is 115 Å². The van der Waals surface area contributed by atoms with E-state index in [1.807, 2.05) is 11.3 Å². The molecule has 0 amide bonds. The van der Waals surface area contributed by atoms with Gasteiger partial charge in [0.2, 0.25) is 0 Å². The van der Waals surface area contributed by atoms with E-state index in [0.717, 1.165) is 19.1 Å². The van der Waals surface area contributed by atoms with E-state index in [4.69, 9.17) is 0 Å². The Morgan fingerprint density at radius 1 is 1.44 bits per heavy atom. The number of rotatable bonds is 7. The summed E-state index contributed by atoms with van der Waals surface area (Å²) in [4.78, 5) is 4.13. The molecule has 1 N–H and O–H groups in total. The first-order valence-corrected chi connectivity index (χ1v) is 8.18. The van der Waals surface area contributed by atoms with Crippen molar-refractivity contribution < 1.29 is 0 Å². The molecule has 18 heavy (non-hydrogen) atoms. The molecule has 102 valence electrons. The van der Waals surface area contributed by atoms with Crippen LogP contribution in [0.2, 0.25) is 0 Å². The summed E-state index contributed by atoms with van der Waals surface area (Å²) in [7, 11) is 0. The van der Waals surface area contributed by atoms with Crippen LogP contribution >= 0.6 is 11.3 Å². The second-order valence-corrected chi connectivity index (χ2v) is 6.36. The molecular weight excluding hydrogens is 240 g/mol. The molecule has 0 spiro atoms. The molecule has 0 bridgehead atoms. The third-order valence-electron chi connectivity index (χ3n) is 4.04. The van der Waals surface area contributed by atoms with Crippen LogP contribution in [0.1, 0.15) is 44.4 Å². The van der Waals surface area contributed by atoms with E-state index in [-0.39, 0.29) is 0 Å². The molecule has 1 heterocycles. The predicted octanol–water partition coefficient (Wildman–Crippen LogP) is 3.49. The highest BCUT2D eigenvalue weighted by atomic mass is 32.1. The van der Waals surface area contributed by atoms with Gasteiger partial charge in [-0.05, 0) is 37.8 Å². The third kappa shape index (κ3) is 3.81. The largest absolute Gasteiger partial charge is 0.310 e. The van der Waals surface area contributed by atoms with Crippen molar-refractivity contribution in [2.75, 3.05) is 13.1 Å². The summed E-state index contributed by atoms with van der Waals surface area (Å²) >= 11 is 1.84. The number of likely N-dealkylation sites (N-methyl/N-ethyl adjacent to an activating group) is 1. The fraction of sp³-hybridized carbons (Fsp3) is 0.733. The summed E-state index contributed by atoms with van der Waals surface area (Å²) in [5.74, 6) is 0. The zero-order valence-electron chi connectivity index (χ0n) is 11.7. The van der Waals surface area contributed by atoms with Gasteiger partial charge in [-0.3, -0.25) is 4.90 Å². The van der Waals surface area contributed by atoms with E-state index >= 15 is 0 Å². The summed E-state index contributed by atoms with van der Waals surface area (Å²) in [5.41, 5.74) is 0. The molecule has 1 aromatic heterocycles. The highest BCUT2D eigenvalue weighted by molar-refractivity contribution is 7.09. The van der Waals surface area contributed by atoms with Crippen molar-refractivity contribution >= 4 is 11.3 Å². The second-order valence-electron chi connectivity index (χ2n) is 5.33. The average molecular weight is 266 g/mol. The van der Waals surface area contributed by atoms with E-state index in [0.29, 0.717) is 6.04 Å². The van der Waals surface area contributed by atoms with Crippen LogP contribution < -0.4 is 5.32 Å². The van der Waals surface area contributed by atoms with Crippen LogP contribution in [0.25, 0.3) is 0 Å². The van der Waals surface area contributed by atoms with Crippen LogP contribution in [0.15, 0.2) is 17.5 Å². The lowest BCUT2D eigenvalue weighted by Gasteiger charge is -2.33. The number of thiophene rings is 1. The van der Waals surface area contributed by atoms with Gasteiger partial charge >= 0.3 is 0 Å². The Kier molecular flexibility index (Phi) is 5.67. The quantitative estimate of drug-likeness (QED) is 0.812. The number of hydrogen-bond acceptors (Lipinski definition) is 3. The first kappa shape index (κ1) is 14.0. The minimum atomic E-state index is 0.651. The Balaban J connectivity index is 1.73. The summed E-state index contributed by atoms with van der Waals surface area (Å²) in [5, 5.41) is 5.74. The average Bonchev–Trinajstić information content (AvgIpc) is 3.02. The lowest BCUT2D eigenvalue weighted by Crippen LogP contribution is -2.45. The van der Waals surface area contributed by atoms with Gasteiger partial charge in [0, 0.05) is 30.1 Å². The van der Waals surface area contributed by atoms with Crippen LogP contribution in [0, 0.1) is 0 Å². The van der Waals surface area contributed by atoms with Gasteiger partial charge in [-0.1, -0.05) is 25.8 Å². The molecule has 0 radical (unpaired) electrons. The molecule has 2 nitrogen and oxygen atoms in total. The Morgan fingerprint density at radius 2 is 2.22 bits per heavy atom. The highest BCUT2D eigenvalue weighted by Gasteiger charge is 2.24. The van der Waals surface area contributed by atoms with Crippen molar-refractivity contribution in [1.82, 2.24) is 10.2 Å². The number of nitrogens with one attached hydrogen (secondary N) is 1. The first-order chi connectivity index (χ1) is 8.81. The van der Waals surface area contributed by atoms with Gasteiger partial charge in [0.25, 0.3) is 0 Å². The number of nitrogens with zero attached hydrogens (tertiary/aromatic N) is 1. The maximum atomic E-state index is 3.59. The normalized spacial score (nSPS) is 18.6. The van der Waals surface area contributed by atoms with Crippen molar-refractivity contribution in [2.45, 2.75) is 58.2 Å². The van der Waals surface area contributed by atoms with E-state index < -0.39 is 0 Å². The van der Waals surface area contributed by atoms with E-state index in [1.165, 1.54) is 37.1 Å².